The highest BCUT2D eigenvalue weighted by Gasteiger charge is 2.10. The lowest BCUT2D eigenvalue weighted by Gasteiger charge is -1.95. The fraction of sp³-hybridized carbons (Fsp3) is 1.00. The maximum absolute atomic E-state index is 2.37. The number of hydrogen-bond acceptors (Lipinski definition) is 5. The average Bonchev–Trinajstić information content (AvgIpc) is 2.60. The van der Waals surface area contributed by atoms with Crippen LogP contribution in [0.3, 0.4) is 0 Å². The molecule has 9 heteroatoms. The Balaban J connectivity index is 2.61. The van der Waals surface area contributed by atoms with E-state index in [-0.39, 0.29) is 0 Å². The molecule has 0 aliphatic carbocycles. The van der Waals surface area contributed by atoms with Crippen molar-refractivity contribution in [3.05, 3.63) is 0 Å². The van der Waals surface area contributed by atoms with Crippen molar-refractivity contribution in [3.8, 4) is 0 Å². The Kier molecular flexibility index (Phi) is 4.02. The molecule has 0 saturated heterocycles. The molecule has 2 rings (SSSR count). The van der Waals surface area contributed by atoms with Crippen LogP contribution in [0.4, 0.5) is 0 Å². The molecule has 0 aliphatic rings. The van der Waals surface area contributed by atoms with E-state index in [2.05, 4.69) is 66.9 Å². The fourth-order valence-electron chi connectivity index (χ4n) is 0.607. The Labute approximate surface area is 88.0 Å². The molecule has 0 radical (unpaired) electrons. The second-order valence-electron chi connectivity index (χ2n) is 1.56. The Morgan fingerprint density at radius 2 is 1.45 bits per heavy atom. The molecule has 0 N–H and O–H groups in total. The molecular weight excluding hydrogens is 308 g/mol. The summed E-state index contributed by atoms with van der Waals surface area (Å²) in [4.78, 5) is 0.336. The molecule has 2 bridgehead atoms. The van der Waals surface area contributed by atoms with Crippen LogP contribution in [0, 0.1) is 0 Å². The van der Waals surface area contributed by atoms with Gasteiger partial charge in [-0.15, -0.1) is 0 Å². The first-order chi connectivity index (χ1) is 5.35. The molecule has 0 amide bonds. The lowest BCUT2D eigenvalue weighted by atomic mass is 12.0. The van der Waals surface area contributed by atoms with Gasteiger partial charge in [-0.2, -0.15) is 0 Å². The summed E-state index contributed by atoms with van der Waals surface area (Å²) in [6.45, 7) is 0. The van der Waals surface area contributed by atoms with E-state index in [0.29, 0.717) is 21.9 Å². The zero-order valence-electron chi connectivity index (χ0n) is 5.83. The van der Waals surface area contributed by atoms with Crippen LogP contribution in [0.25, 0.3) is 0 Å². The van der Waals surface area contributed by atoms with E-state index in [4.69, 9.17) is 0 Å². The molecule has 2 aromatic heterocycles. The summed E-state index contributed by atoms with van der Waals surface area (Å²) < 4.78 is 0. The minimum absolute atomic E-state index is 0.336. The van der Waals surface area contributed by atoms with Gasteiger partial charge in [-0.05, 0) is 12.5 Å². The van der Waals surface area contributed by atoms with E-state index >= 15 is 0 Å². The van der Waals surface area contributed by atoms with E-state index in [9.17, 15) is 0 Å². The van der Waals surface area contributed by atoms with Crippen LogP contribution >= 0.6 is 76.3 Å². The molecule has 0 saturated carbocycles. The van der Waals surface area contributed by atoms with E-state index in [1.54, 1.807) is 0 Å². The first-order valence-corrected chi connectivity index (χ1v) is 19.2. The highest BCUT2D eigenvalue weighted by molar-refractivity contribution is 9.02. The van der Waals surface area contributed by atoms with Gasteiger partial charge in [0.1, 0.15) is 0 Å². The Hall–Kier alpha value is 2.56. The summed E-state index contributed by atoms with van der Waals surface area (Å²) in [5.74, 6) is 0.431. The molecule has 64 valence electrons. The molecule has 0 spiro atoms. The molecule has 0 fully saturated rings. The largest absolute Gasteiger partial charge is 0.0947 e. The van der Waals surface area contributed by atoms with Crippen molar-refractivity contribution in [2.75, 3.05) is 12.5 Å². The van der Waals surface area contributed by atoms with Gasteiger partial charge in [0.05, 0.1) is 4.88 Å². The summed E-state index contributed by atoms with van der Waals surface area (Å²) in [6, 6.07) is 0. The molecule has 2 atom stereocenters. The first kappa shape index (κ1) is 10.1. The predicted octanol–water partition coefficient (Wildman–Crippen LogP) is 6.94. The SMILES string of the molecule is CSp1sp2sp(SC)p1s2. The summed E-state index contributed by atoms with van der Waals surface area (Å²) >= 11 is 4.31. The van der Waals surface area contributed by atoms with Gasteiger partial charge in [0.25, 0.3) is 0 Å². The quantitative estimate of drug-likeness (QED) is 0.588. The maximum Gasteiger partial charge on any atom is 0.0836 e. The second-order valence-corrected chi connectivity index (χ2v) is 35.6. The number of rotatable bonds is 2. The maximum atomic E-state index is 2.37. The van der Waals surface area contributed by atoms with Crippen LogP contribution in [0.1, 0.15) is 0 Å². The van der Waals surface area contributed by atoms with E-state index in [1.165, 1.54) is 0 Å². The van der Waals surface area contributed by atoms with Crippen LogP contribution in [0.15, 0.2) is 0 Å². The van der Waals surface area contributed by atoms with Crippen molar-refractivity contribution in [1.82, 2.24) is 0 Å². The molecular formula is C2H6P4S5. The number of hydrogen-bond donors (Lipinski definition) is 0. The van der Waals surface area contributed by atoms with Crippen molar-refractivity contribution in [2.45, 2.75) is 0 Å². The topological polar surface area (TPSA) is 0 Å². The third-order valence-electron chi connectivity index (χ3n) is 1.00. The third-order valence-corrected chi connectivity index (χ3v) is 64.5. The number of fused-ring (bicyclic) bond motifs is 2. The highest BCUT2D eigenvalue weighted by Crippen LogP contribution is 2.86. The standard InChI is InChI=1S/C2H6P4S5/c1-7-4-3-5(8-2)11-6(9-3)10-4/h1-2H3. The van der Waals surface area contributed by atoms with Crippen molar-refractivity contribution >= 4 is 76.3 Å². The molecule has 11 heavy (non-hydrogen) atoms. The van der Waals surface area contributed by atoms with Crippen LogP contribution in [-0.4, -0.2) is 12.5 Å². The minimum Gasteiger partial charge on any atom is -0.0947 e. The summed E-state index contributed by atoms with van der Waals surface area (Å²) in [7, 11) is 7.03. The van der Waals surface area contributed by atoms with Crippen LogP contribution in [-0.2, 0) is 0 Å². The first-order valence-electron chi connectivity index (χ1n) is 2.68. The van der Waals surface area contributed by atoms with E-state index in [0.717, 1.165) is 0 Å². The molecule has 0 aromatic carbocycles. The Morgan fingerprint density at radius 3 is 1.82 bits per heavy atom. The lowest BCUT2D eigenvalue weighted by Crippen LogP contribution is -1.29. The second kappa shape index (κ2) is 4.39. The smallest absolute Gasteiger partial charge is 0.0836 e. The van der Waals surface area contributed by atoms with Gasteiger partial charge < -0.3 is 0 Å². The van der Waals surface area contributed by atoms with Gasteiger partial charge in [0.2, 0.25) is 0 Å². The van der Waals surface area contributed by atoms with Crippen LogP contribution in [0.5, 0.6) is 0 Å². The zero-order valence-corrected chi connectivity index (χ0v) is 13.5. The highest BCUT2D eigenvalue weighted by atomic mass is 33.5. The van der Waals surface area contributed by atoms with Crippen molar-refractivity contribution in [3.63, 3.8) is 0 Å². The van der Waals surface area contributed by atoms with Crippen molar-refractivity contribution in [2.24, 2.45) is 0 Å². The molecule has 2 unspecified atom stereocenters. The molecule has 2 heterocycles. The predicted molar refractivity (Wildman–Crippen MR) is 74.8 cm³/mol. The van der Waals surface area contributed by atoms with Gasteiger partial charge in [-0.25, -0.2) is 0 Å². The summed E-state index contributed by atoms with van der Waals surface area (Å²) in [5, 5.41) is 0. The van der Waals surface area contributed by atoms with E-state index in [1.807, 2.05) is 0 Å². The average molecular weight is 314 g/mol. The zero-order chi connectivity index (χ0) is 7.84. The van der Waals surface area contributed by atoms with E-state index < -0.39 is 0 Å². The summed E-state index contributed by atoms with van der Waals surface area (Å²) in [6.07, 6.45) is 4.61. The molecule has 0 nitrogen and oxygen atoms in total. The monoisotopic (exact) mass is 314 g/mol. The van der Waals surface area contributed by atoms with Gasteiger partial charge in [0.15, 0.2) is 0 Å². The van der Waals surface area contributed by atoms with Gasteiger partial charge >= 0.3 is 0 Å². The van der Waals surface area contributed by atoms with Gasteiger partial charge in [0, 0.05) is 17.1 Å². The Morgan fingerprint density at radius 1 is 0.909 bits per heavy atom. The van der Waals surface area contributed by atoms with Crippen molar-refractivity contribution in [1.29, 1.82) is 0 Å². The third kappa shape index (κ3) is 1.99. The summed E-state index contributed by atoms with van der Waals surface area (Å²) in [5.41, 5.74) is 0.751. The van der Waals surface area contributed by atoms with Crippen molar-refractivity contribution < 1.29 is 0 Å². The normalized spacial score (nSPS) is 18.0. The van der Waals surface area contributed by atoms with Crippen LogP contribution < -0.4 is 0 Å². The minimum atomic E-state index is 0.336. The lowest BCUT2D eigenvalue weighted by molar-refractivity contribution is 2.54. The van der Waals surface area contributed by atoms with Gasteiger partial charge in [-0.3, -0.25) is 0 Å². The van der Waals surface area contributed by atoms with Crippen LogP contribution in [0.2, 0.25) is 0 Å². The van der Waals surface area contributed by atoms with Gasteiger partial charge in [-0.1, -0.05) is 54.4 Å². The molecule has 2 aromatic rings. The Bertz CT molecular complexity index is 329. The molecule has 0 aliphatic heterocycles. The fourth-order valence-corrected chi connectivity index (χ4v) is 114.